The number of hydrogen-bond donors (Lipinski definition) is 0. The normalized spacial score (nSPS) is 36.2. The van der Waals surface area contributed by atoms with Crippen LogP contribution in [0.25, 0.3) is 0 Å². The van der Waals surface area contributed by atoms with Crippen LogP contribution in [0, 0.1) is 35.5 Å². The van der Waals surface area contributed by atoms with Gasteiger partial charge in [0, 0.05) is 5.56 Å². The van der Waals surface area contributed by atoms with Gasteiger partial charge in [0.15, 0.2) is 5.78 Å². The van der Waals surface area contributed by atoms with Crippen LogP contribution >= 0.6 is 0 Å². The molecule has 0 radical (unpaired) electrons. The summed E-state index contributed by atoms with van der Waals surface area (Å²) in [6, 6.07) is 4.98. The molecule has 5 heteroatoms. The minimum atomic E-state index is -0.253. The van der Waals surface area contributed by atoms with Gasteiger partial charge in [0.05, 0.1) is 24.1 Å². The summed E-state index contributed by atoms with van der Waals surface area (Å²) >= 11 is 0. The molecule has 1 aromatic rings. The average molecular weight is 351 g/mol. The third-order valence-corrected chi connectivity index (χ3v) is 6.57. The highest BCUT2D eigenvalue weighted by atomic mass is 16.5. The van der Waals surface area contributed by atoms with E-state index in [9.17, 15) is 14.4 Å². The molecule has 0 spiro atoms. The molecule has 1 heterocycles. The molecule has 2 bridgehead atoms. The van der Waals surface area contributed by atoms with Crippen molar-refractivity contribution < 1.29 is 19.1 Å². The smallest absolute Gasteiger partial charge is 0.238 e. The zero-order chi connectivity index (χ0) is 18.2. The lowest BCUT2D eigenvalue weighted by atomic mass is 9.63. The SMILES string of the molecule is CCOc1ccc(C(C)=O)cc1N1C(=O)[C@@H]2[C@H]3C=C[C@@H]([C@@H]4C[C@@H]34)[C@@H]2C1=O. The van der Waals surface area contributed by atoms with E-state index < -0.39 is 0 Å². The average Bonchev–Trinajstić information content (AvgIpc) is 3.40. The third-order valence-electron chi connectivity index (χ3n) is 6.57. The first-order valence-electron chi connectivity index (χ1n) is 9.36. The zero-order valence-corrected chi connectivity index (χ0v) is 14.8. The summed E-state index contributed by atoms with van der Waals surface area (Å²) in [5.74, 6) is 1.10. The highest BCUT2D eigenvalue weighted by Crippen LogP contribution is 2.65. The number of carbonyl (C=O) groups is 3. The van der Waals surface area contributed by atoms with Crippen molar-refractivity contribution in [3.05, 3.63) is 35.9 Å². The number of ether oxygens (including phenoxy) is 1. The van der Waals surface area contributed by atoms with Crippen molar-refractivity contribution >= 4 is 23.3 Å². The maximum absolute atomic E-state index is 13.3. The Hall–Kier alpha value is -2.43. The van der Waals surface area contributed by atoms with Crippen molar-refractivity contribution in [2.24, 2.45) is 35.5 Å². The quantitative estimate of drug-likeness (QED) is 0.475. The van der Waals surface area contributed by atoms with Gasteiger partial charge >= 0.3 is 0 Å². The Morgan fingerprint density at radius 2 is 1.73 bits per heavy atom. The molecule has 6 atom stereocenters. The van der Waals surface area contributed by atoms with E-state index in [1.807, 2.05) is 6.92 Å². The second-order valence-corrected chi connectivity index (χ2v) is 7.84. The molecule has 134 valence electrons. The van der Waals surface area contributed by atoms with Gasteiger partial charge in [-0.1, -0.05) is 12.2 Å². The van der Waals surface area contributed by atoms with Crippen molar-refractivity contribution in [1.82, 2.24) is 0 Å². The maximum Gasteiger partial charge on any atom is 0.238 e. The molecule has 0 N–H and O–H groups in total. The number of rotatable bonds is 4. The fourth-order valence-corrected chi connectivity index (χ4v) is 5.38. The van der Waals surface area contributed by atoms with Gasteiger partial charge in [-0.2, -0.15) is 0 Å². The number of nitrogens with zero attached hydrogens (tertiary/aromatic N) is 1. The summed E-state index contributed by atoms with van der Waals surface area (Å²) in [7, 11) is 0. The zero-order valence-electron chi connectivity index (χ0n) is 14.8. The van der Waals surface area contributed by atoms with Crippen LogP contribution in [0.3, 0.4) is 0 Å². The summed E-state index contributed by atoms with van der Waals surface area (Å²) in [5, 5.41) is 0. The predicted molar refractivity (Wildman–Crippen MR) is 94.8 cm³/mol. The minimum Gasteiger partial charge on any atom is -0.492 e. The number of allylic oxidation sites excluding steroid dienone is 2. The second kappa shape index (κ2) is 5.29. The molecule has 1 saturated heterocycles. The fourth-order valence-electron chi connectivity index (χ4n) is 5.38. The van der Waals surface area contributed by atoms with Gasteiger partial charge in [0.2, 0.25) is 11.8 Å². The molecular weight excluding hydrogens is 330 g/mol. The lowest BCUT2D eigenvalue weighted by Crippen LogP contribution is -2.40. The van der Waals surface area contributed by atoms with E-state index in [-0.39, 0.29) is 41.3 Å². The van der Waals surface area contributed by atoms with E-state index in [0.29, 0.717) is 35.4 Å². The van der Waals surface area contributed by atoms with E-state index in [4.69, 9.17) is 4.74 Å². The standard InChI is InChI=1S/C21H21NO4/c1-3-26-17-7-4-11(10(2)23)8-16(17)22-20(24)18-12-5-6-13(15-9-14(12)15)19(18)21(22)25/h4-8,12-15,18-19H,3,9H2,1-2H3/t12-,13-,14-,15-,18-,19+/m0/s1. The topological polar surface area (TPSA) is 63.7 Å². The molecule has 0 unspecified atom stereocenters. The molecule has 26 heavy (non-hydrogen) atoms. The fraction of sp³-hybridized carbons (Fsp3) is 0.476. The summed E-state index contributed by atoms with van der Waals surface area (Å²) in [5.41, 5.74) is 0.889. The molecule has 5 nitrogen and oxygen atoms in total. The highest BCUT2D eigenvalue weighted by molar-refractivity contribution is 6.23. The van der Waals surface area contributed by atoms with Gasteiger partial charge in [-0.25, -0.2) is 4.90 Å². The van der Waals surface area contributed by atoms with Gasteiger partial charge in [0.1, 0.15) is 5.75 Å². The van der Waals surface area contributed by atoms with Gasteiger partial charge in [-0.3, -0.25) is 14.4 Å². The predicted octanol–water partition coefficient (Wildman–Crippen LogP) is 2.85. The largest absolute Gasteiger partial charge is 0.492 e. The lowest BCUT2D eigenvalue weighted by Gasteiger charge is -2.37. The number of benzene rings is 1. The Balaban J connectivity index is 1.59. The molecule has 0 aromatic heterocycles. The van der Waals surface area contributed by atoms with Crippen LogP contribution in [0.1, 0.15) is 30.6 Å². The first-order valence-corrected chi connectivity index (χ1v) is 9.36. The van der Waals surface area contributed by atoms with E-state index in [0.717, 1.165) is 6.42 Å². The van der Waals surface area contributed by atoms with E-state index in [1.165, 1.54) is 11.8 Å². The monoisotopic (exact) mass is 351 g/mol. The Morgan fingerprint density at radius 3 is 2.27 bits per heavy atom. The molecule has 6 rings (SSSR count). The third kappa shape index (κ3) is 1.94. The van der Waals surface area contributed by atoms with Crippen molar-refractivity contribution in [3.8, 4) is 5.75 Å². The van der Waals surface area contributed by atoms with Crippen LogP contribution in [0.5, 0.6) is 5.75 Å². The number of imide groups is 1. The highest BCUT2D eigenvalue weighted by Gasteiger charge is 2.67. The van der Waals surface area contributed by atoms with Gasteiger partial charge in [-0.05, 0) is 62.1 Å². The Morgan fingerprint density at radius 1 is 1.12 bits per heavy atom. The minimum absolute atomic E-state index is 0.103. The van der Waals surface area contributed by atoms with Gasteiger partial charge in [0.25, 0.3) is 0 Å². The number of Topliss-reactive ketones (excluding diaryl/α,β-unsaturated/α-hetero) is 1. The summed E-state index contributed by atoms with van der Waals surface area (Å²) < 4.78 is 5.66. The van der Waals surface area contributed by atoms with Crippen LogP contribution in [-0.2, 0) is 9.59 Å². The molecule has 1 aliphatic heterocycles. The Labute approximate surface area is 152 Å². The van der Waals surface area contributed by atoms with E-state index in [1.54, 1.807) is 18.2 Å². The van der Waals surface area contributed by atoms with Gasteiger partial charge < -0.3 is 4.74 Å². The van der Waals surface area contributed by atoms with E-state index >= 15 is 0 Å². The van der Waals surface area contributed by atoms with Crippen LogP contribution in [0.2, 0.25) is 0 Å². The molecule has 5 aliphatic rings. The molecule has 3 fully saturated rings. The lowest BCUT2D eigenvalue weighted by molar-refractivity contribution is -0.124. The number of ketones is 1. The first kappa shape index (κ1) is 15.8. The van der Waals surface area contributed by atoms with Crippen molar-refractivity contribution in [1.29, 1.82) is 0 Å². The summed E-state index contributed by atoms with van der Waals surface area (Å²) in [6.45, 7) is 3.75. The van der Waals surface area contributed by atoms with Crippen molar-refractivity contribution in [2.75, 3.05) is 11.5 Å². The van der Waals surface area contributed by atoms with Crippen molar-refractivity contribution in [2.45, 2.75) is 20.3 Å². The molecule has 2 amide bonds. The van der Waals surface area contributed by atoms with Crippen LogP contribution in [0.15, 0.2) is 30.4 Å². The Bertz CT molecular complexity index is 837. The second-order valence-electron chi connectivity index (χ2n) is 7.84. The Kier molecular flexibility index (Phi) is 3.21. The van der Waals surface area contributed by atoms with Crippen molar-refractivity contribution in [3.63, 3.8) is 0 Å². The number of anilines is 1. The summed E-state index contributed by atoms with van der Waals surface area (Å²) in [4.78, 5) is 39.7. The number of hydrogen-bond acceptors (Lipinski definition) is 4. The van der Waals surface area contributed by atoms with Gasteiger partial charge in [-0.15, -0.1) is 0 Å². The van der Waals surface area contributed by atoms with Crippen LogP contribution < -0.4 is 9.64 Å². The molecule has 1 aromatic carbocycles. The van der Waals surface area contributed by atoms with E-state index in [2.05, 4.69) is 12.2 Å². The van der Waals surface area contributed by atoms with Crippen LogP contribution in [-0.4, -0.2) is 24.2 Å². The summed E-state index contributed by atoms with van der Waals surface area (Å²) in [6.07, 6.45) is 5.45. The van der Waals surface area contributed by atoms with Crippen LogP contribution in [0.4, 0.5) is 5.69 Å². The number of amides is 2. The first-order chi connectivity index (χ1) is 12.5. The number of carbonyl (C=O) groups excluding carboxylic acids is 3. The molecular formula is C21H21NO4. The molecule has 2 saturated carbocycles. The molecule has 4 aliphatic carbocycles. The maximum atomic E-state index is 13.3.